The summed E-state index contributed by atoms with van der Waals surface area (Å²) in [5.74, 6) is 1.81. The number of likely N-dealkylation sites (tertiary alicyclic amines) is 1. The van der Waals surface area contributed by atoms with E-state index in [1.165, 1.54) is 16.9 Å². The van der Waals surface area contributed by atoms with Crippen LogP contribution in [0.5, 0.6) is 11.5 Å². The molecule has 1 saturated heterocycles. The minimum Gasteiger partial charge on any atom is -0.496 e. The number of rotatable bonds is 9. The van der Waals surface area contributed by atoms with Crippen molar-refractivity contribution in [2.75, 3.05) is 26.0 Å². The largest absolute Gasteiger partial charge is 0.496 e. The van der Waals surface area contributed by atoms with Crippen molar-refractivity contribution in [2.24, 2.45) is 5.73 Å². The zero-order chi connectivity index (χ0) is 28.4. The number of nitrogens with one attached hydrogen (secondary N) is 1. The van der Waals surface area contributed by atoms with Gasteiger partial charge in [0.05, 0.1) is 35.3 Å². The van der Waals surface area contributed by atoms with Gasteiger partial charge < -0.3 is 25.4 Å². The van der Waals surface area contributed by atoms with E-state index in [4.69, 9.17) is 20.2 Å². The molecule has 3 heterocycles. The number of fused-ring (bicyclic) bond motifs is 1. The number of carbonyl (C=O) groups excluding carboxylic acids is 1. The SMILES string of the molecule is CC[C@H]1C[C@@H](c2ccc(Nc3ncc4sc(C(N)=O)c(-c5ccccc5OC)c4n3)c(OC(C)C)c2)CCN1C. The van der Waals surface area contributed by atoms with E-state index in [1.54, 1.807) is 13.3 Å². The monoisotopic (exact) mass is 559 g/mol. The van der Waals surface area contributed by atoms with Crippen LogP contribution in [0.15, 0.2) is 48.7 Å². The highest BCUT2D eigenvalue weighted by atomic mass is 32.1. The van der Waals surface area contributed by atoms with Crippen LogP contribution in [-0.2, 0) is 0 Å². The summed E-state index contributed by atoms with van der Waals surface area (Å²) in [5.41, 5.74) is 9.92. The Morgan fingerprint density at radius 3 is 2.75 bits per heavy atom. The standard InChI is InChI=1S/C31H37N5O3S/c1-6-21-15-20(13-14-36(21)4)19-11-12-23(25(16-19)39-18(2)3)34-31-33-17-26-28(35-31)27(29(40-26)30(32)37)22-9-7-8-10-24(22)38-5/h7-12,16-18,20-21H,6,13-15H2,1-5H3,(H2,32,37)(H,33,34,35)/t20-,21-/m0/s1. The van der Waals surface area contributed by atoms with Gasteiger partial charge in [-0.3, -0.25) is 4.79 Å². The zero-order valence-electron chi connectivity index (χ0n) is 23.7. The Bertz CT molecular complexity index is 1520. The minimum atomic E-state index is -0.513. The Kier molecular flexibility index (Phi) is 8.23. The molecule has 0 unspecified atom stereocenters. The lowest BCUT2D eigenvalue weighted by atomic mass is 9.84. The van der Waals surface area contributed by atoms with E-state index in [0.717, 1.165) is 47.5 Å². The zero-order valence-corrected chi connectivity index (χ0v) is 24.5. The van der Waals surface area contributed by atoms with Crippen molar-refractivity contribution in [2.45, 2.75) is 58.1 Å². The molecule has 0 radical (unpaired) electrons. The second-order valence-corrected chi connectivity index (χ2v) is 11.6. The highest BCUT2D eigenvalue weighted by Gasteiger charge is 2.27. The van der Waals surface area contributed by atoms with Gasteiger partial charge in [-0.25, -0.2) is 9.97 Å². The average Bonchev–Trinajstić information content (AvgIpc) is 3.33. The van der Waals surface area contributed by atoms with Crippen LogP contribution in [0.3, 0.4) is 0 Å². The van der Waals surface area contributed by atoms with E-state index in [1.807, 2.05) is 38.1 Å². The molecule has 9 heteroatoms. The number of hydrogen-bond acceptors (Lipinski definition) is 8. The third-order valence-corrected chi connectivity index (χ3v) is 8.73. The number of nitrogens with zero attached hydrogens (tertiary/aromatic N) is 3. The van der Waals surface area contributed by atoms with Crippen LogP contribution in [0.25, 0.3) is 21.3 Å². The first-order chi connectivity index (χ1) is 19.3. The number of carbonyl (C=O) groups is 1. The number of primary amides is 1. The maximum atomic E-state index is 12.4. The quantitative estimate of drug-likeness (QED) is 0.239. The molecule has 0 bridgehead atoms. The molecular formula is C31H37N5O3S. The van der Waals surface area contributed by atoms with Crippen molar-refractivity contribution in [3.8, 4) is 22.6 Å². The predicted octanol–water partition coefficient (Wildman–Crippen LogP) is 6.58. The summed E-state index contributed by atoms with van der Waals surface area (Å²) in [4.78, 5) is 24.7. The first-order valence-corrected chi connectivity index (χ1v) is 14.6. The van der Waals surface area contributed by atoms with Crippen molar-refractivity contribution in [3.63, 3.8) is 0 Å². The molecular weight excluding hydrogens is 522 g/mol. The van der Waals surface area contributed by atoms with Gasteiger partial charge in [-0.2, -0.15) is 0 Å². The molecule has 1 amide bonds. The molecule has 0 spiro atoms. The van der Waals surface area contributed by atoms with Crippen LogP contribution in [0, 0.1) is 0 Å². The maximum Gasteiger partial charge on any atom is 0.259 e. The summed E-state index contributed by atoms with van der Waals surface area (Å²) < 4.78 is 12.6. The summed E-state index contributed by atoms with van der Waals surface area (Å²) in [6.45, 7) is 7.41. The van der Waals surface area contributed by atoms with Crippen LogP contribution in [-0.4, -0.2) is 53.6 Å². The molecule has 1 fully saturated rings. The van der Waals surface area contributed by atoms with Gasteiger partial charge in [-0.15, -0.1) is 11.3 Å². The smallest absolute Gasteiger partial charge is 0.259 e. The lowest BCUT2D eigenvalue weighted by Gasteiger charge is -2.37. The molecule has 8 nitrogen and oxygen atoms in total. The molecule has 4 aromatic rings. The third kappa shape index (κ3) is 5.62. The number of piperidine rings is 1. The highest BCUT2D eigenvalue weighted by molar-refractivity contribution is 7.21. The Morgan fingerprint density at radius 2 is 2.02 bits per heavy atom. The van der Waals surface area contributed by atoms with Crippen molar-refractivity contribution in [1.29, 1.82) is 0 Å². The Balaban J connectivity index is 1.52. The van der Waals surface area contributed by atoms with Crippen molar-refractivity contribution in [1.82, 2.24) is 14.9 Å². The van der Waals surface area contributed by atoms with Gasteiger partial charge in [0.2, 0.25) is 5.95 Å². The second-order valence-electron chi connectivity index (χ2n) is 10.6. The molecule has 0 saturated carbocycles. The number of nitrogens with two attached hydrogens (primary N) is 1. The fraction of sp³-hybridized carbons (Fsp3) is 0.387. The van der Waals surface area contributed by atoms with Gasteiger partial charge in [0.15, 0.2) is 0 Å². The van der Waals surface area contributed by atoms with E-state index in [2.05, 4.69) is 47.4 Å². The number of benzene rings is 2. The molecule has 1 aliphatic heterocycles. The number of amides is 1. The van der Waals surface area contributed by atoms with Gasteiger partial charge >= 0.3 is 0 Å². The van der Waals surface area contributed by atoms with Crippen LogP contribution in [0.1, 0.15) is 61.2 Å². The molecule has 40 heavy (non-hydrogen) atoms. The first kappa shape index (κ1) is 27.9. The maximum absolute atomic E-state index is 12.4. The lowest BCUT2D eigenvalue weighted by molar-refractivity contribution is 0.100. The van der Waals surface area contributed by atoms with E-state index in [0.29, 0.717) is 39.6 Å². The molecule has 5 rings (SSSR count). The minimum absolute atomic E-state index is 0.00669. The van der Waals surface area contributed by atoms with Crippen molar-refractivity contribution in [3.05, 3.63) is 59.1 Å². The summed E-state index contributed by atoms with van der Waals surface area (Å²) in [6.07, 6.45) is 5.16. The van der Waals surface area contributed by atoms with Gasteiger partial charge in [-0.05, 0) is 76.4 Å². The molecule has 3 N–H and O–H groups in total. The van der Waals surface area contributed by atoms with E-state index in [9.17, 15) is 4.79 Å². The van der Waals surface area contributed by atoms with Gasteiger partial charge in [0, 0.05) is 17.2 Å². The number of methoxy groups -OCH3 is 1. The number of anilines is 2. The number of hydrogen-bond donors (Lipinski definition) is 2. The fourth-order valence-corrected chi connectivity index (χ4v) is 6.52. The molecule has 210 valence electrons. The van der Waals surface area contributed by atoms with Crippen molar-refractivity contribution >= 4 is 39.1 Å². The van der Waals surface area contributed by atoms with Crippen LogP contribution >= 0.6 is 11.3 Å². The molecule has 2 atom stereocenters. The molecule has 2 aromatic carbocycles. The van der Waals surface area contributed by atoms with Crippen molar-refractivity contribution < 1.29 is 14.3 Å². The topological polar surface area (TPSA) is 103 Å². The van der Waals surface area contributed by atoms with Gasteiger partial charge in [0.1, 0.15) is 16.4 Å². The van der Waals surface area contributed by atoms with E-state index < -0.39 is 5.91 Å². The van der Waals surface area contributed by atoms with Gasteiger partial charge in [0.25, 0.3) is 5.91 Å². The second kappa shape index (κ2) is 11.8. The number of aromatic nitrogens is 2. The predicted molar refractivity (Wildman–Crippen MR) is 162 cm³/mol. The third-order valence-electron chi connectivity index (χ3n) is 7.60. The Morgan fingerprint density at radius 1 is 1.23 bits per heavy atom. The fourth-order valence-electron chi connectivity index (χ4n) is 5.55. The summed E-state index contributed by atoms with van der Waals surface area (Å²) in [6, 6.07) is 14.6. The summed E-state index contributed by atoms with van der Waals surface area (Å²) in [7, 11) is 3.83. The lowest BCUT2D eigenvalue weighted by Crippen LogP contribution is -2.38. The van der Waals surface area contributed by atoms with Crippen LogP contribution in [0.2, 0.25) is 0 Å². The number of para-hydroxylation sites is 1. The average molecular weight is 560 g/mol. The number of ether oxygens (including phenoxy) is 2. The Hall–Kier alpha value is -3.69. The van der Waals surface area contributed by atoms with E-state index >= 15 is 0 Å². The molecule has 1 aliphatic rings. The first-order valence-electron chi connectivity index (χ1n) is 13.8. The summed E-state index contributed by atoms with van der Waals surface area (Å²) >= 11 is 1.28. The molecule has 2 aromatic heterocycles. The van der Waals surface area contributed by atoms with Crippen LogP contribution < -0.4 is 20.5 Å². The normalized spacial score (nSPS) is 17.8. The molecule has 0 aliphatic carbocycles. The van der Waals surface area contributed by atoms with Gasteiger partial charge in [-0.1, -0.05) is 31.2 Å². The number of thiophene rings is 1. The highest BCUT2D eigenvalue weighted by Crippen LogP contribution is 2.42. The van der Waals surface area contributed by atoms with Crippen LogP contribution in [0.4, 0.5) is 11.6 Å². The van der Waals surface area contributed by atoms with E-state index in [-0.39, 0.29) is 6.10 Å². The summed E-state index contributed by atoms with van der Waals surface area (Å²) in [5, 5.41) is 3.37. The Labute approximate surface area is 239 Å².